The number of carbonyl (C=O) groups is 1. The van der Waals surface area contributed by atoms with Gasteiger partial charge in [0, 0.05) is 6.07 Å². The molecule has 0 fully saturated rings. The van der Waals surface area contributed by atoms with Gasteiger partial charge in [-0.1, -0.05) is 12.1 Å². The number of anilines is 1. The smallest absolute Gasteiger partial charge is 0.352 e. The van der Waals surface area contributed by atoms with Crippen molar-refractivity contribution in [1.29, 1.82) is 0 Å². The fourth-order valence-electron chi connectivity index (χ4n) is 1.94. The predicted octanol–water partition coefficient (Wildman–Crippen LogP) is 1.92. The molecular formula is C11H14N3O2+. The van der Waals surface area contributed by atoms with Crippen LogP contribution in [0.3, 0.4) is 0 Å². The highest BCUT2D eigenvalue weighted by atomic mass is 16.7. The number of hydrogen-bond acceptors (Lipinski definition) is 4. The molecule has 3 N–H and O–H groups in total. The third-order valence-electron chi connectivity index (χ3n) is 2.83. The van der Waals surface area contributed by atoms with Crippen LogP contribution in [0.25, 0.3) is 0 Å². The Bertz CT molecular complexity index is 445. The average Bonchev–Trinajstić information content (AvgIpc) is 2.37. The number of carbonyl (C=O) groups excluding carboxylic acids is 1. The maximum atomic E-state index is 11.8. The third kappa shape index (κ3) is 1.37. The van der Waals surface area contributed by atoms with E-state index in [1.807, 2.05) is 31.2 Å². The second-order valence-corrected chi connectivity index (χ2v) is 3.55. The molecule has 0 spiro atoms. The molecule has 1 unspecified atom stereocenters. The Morgan fingerprint density at radius 3 is 2.94 bits per heavy atom. The van der Waals surface area contributed by atoms with Crippen molar-refractivity contribution in [1.82, 2.24) is 4.48 Å². The zero-order chi connectivity index (χ0) is 11.6. The molecule has 1 aromatic carbocycles. The van der Waals surface area contributed by atoms with Gasteiger partial charge in [0.15, 0.2) is 5.69 Å². The standard InChI is InChI=1S/C11H14N3O2/c1-2-14(11(15)16-12)8-7-13-9-5-3-4-6-10(9)14/h3-8,13H,2,12H2,1H3/q+1. The summed E-state index contributed by atoms with van der Waals surface area (Å²) in [6.45, 7) is 2.45. The first-order valence-electron chi connectivity index (χ1n) is 5.07. The van der Waals surface area contributed by atoms with E-state index in [-0.39, 0.29) is 4.48 Å². The lowest BCUT2D eigenvalue weighted by atomic mass is 10.2. The Hall–Kier alpha value is -1.85. The predicted molar refractivity (Wildman–Crippen MR) is 62.2 cm³/mol. The fraction of sp³-hybridized carbons (Fsp3) is 0.182. The minimum atomic E-state index is -0.493. The molecule has 5 nitrogen and oxygen atoms in total. The SMILES string of the molecule is CC[N+]1(C(=O)ON)C=CNc2ccccc21. The van der Waals surface area contributed by atoms with E-state index in [0.29, 0.717) is 6.54 Å². The van der Waals surface area contributed by atoms with Gasteiger partial charge in [-0.2, -0.15) is 15.2 Å². The summed E-state index contributed by atoms with van der Waals surface area (Å²) in [7, 11) is 0. The molecule has 0 saturated carbocycles. The highest BCUT2D eigenvalue weighted by Gasteiger charge is 2.41. The molecule has 16 heavy (non-hydrogen) atoms. The first-order valence-corrected chi connectivity index (χ1v) is 5.07. The zero-order valence-electron chi connectivity index (χ0n) is 9.01. The first kappa shape index (κ1) is 10.7. The highest BCUT2D eigenvalue weighted by molar-refractivity contribution is 5.90. The van der Waals surface area contributed by atoms with E-state index in [1.54, 1.807) is 12.4 Å². The molecule has 1 aliphatic rings. The van der Waals surface area contributed by atoms with Gasteiger partial charge in [0.2, 0.25) is 0 Å². The zero-order valence-corrected chi connectivity index (χ0v) is 9.01. The van der Waals surface area contributed by atoms with Crippen LogP contribution in [0, 0.1) is 0 Å². The van der Waals surface area contributed by atoms with Gasteiger partial charge in [-0.05, 0) is 13.0 Å². The Labute approximate surface area is 93.6 Å². The van der Waals surface area contributed by atoms with Crippen LogP contribution in [0.5, 0.6) is 0 Å². The normalized spacial score (nSPS) is 22.1. The molecule has 0 aliphatic carbocycles. The topological polar surface area (TPSA) is 64.3 Å². The van der Waals surface area contributed by atoms with Crippen LogP contribution >= 0.6 is 0 Å². The summed E-state index contributed by atoms with van der Waals surface area (Å²) in [6, 6.07) is 7.58. The van der Waals surface area contributed by atoms with Crippen LogP contribution < -0.4 is 15.7 Å². The number of amides is 1. The van der Waals surface area contributed by atoms with E-state index in [9.17, 15) is 4.79 Å². The van der Waals surface area contributed by atoms with Gasteiger partial charge < -0.3 is 10.2 Å². The van der Waals surface area contributed by atoms with Gasteiger partial charge in [0.05, 0.1) is 12.7 Å². The molecule has 5 heteroatoms. The number of fused-ring (bicyclic) bond motifs is 1. The van der Waals surface area contributed by atoms with Crippen LogP contribution in [0.2, 0.25) is 0 Å². The quantitative estimate of drug-likeness (QED) is 0.560. The largest absolute Gasteiger partial charge is 0.545 e. The molecule has 0 radical (unpaired) electrons. The monoisotopic (exact) mass is 220 g/mol. The number of nitrogens with zero attached hydrogens (tertiary/aromatic N) is 1. The number of hydrogen-bond donors (Lipinski definition) is 2. The summed E-state index contributed by atoms with van der Waals surface area (Å²) in [5.41, 5.74) is 1.72. The van der Waals surface area contributed by atoms with E-state index in [0.717, 1.165) is 11.4 Å². The minimum absolute atomic E-state index is 0.0281. The Kier molecular flexibility index (Phi) is 2.64. The molecule has 0 aromatic heterocycles. The van der Waals surface area contributed by atoms with Crippen molar-refractivity contribution in [3.05, 3.63) is 36.7 Å². The van der Waals surface area contributed by atoms with E-state index in [4.69, 9.17) is 5.90 Å². The molecule has 0 saturated heterocycles. The summed E-state index contributed by atoms with van der Waals surface area (Å²) in [5, 5.41) is 3.09. The molecule has 2 rings (SSSR count). The second kappa shape index (κ2) is 3.96. The van der Waals surface area contributed by atoms with E-state index in [2.05, 4.69) is 10.2 Å². The Morgan fingerprint density at radius 2 is 2.25 bits per heavy atom. The highest BCUT2D eigenvalue weighted by Crippen LogP contribution is 2.35. The van der Waals surface area contributed by atoms with Crippen molar-refractivity contribution >= 4 is 17.5 Å². The third-order valence-corrected chi connectivity index (χ3v) is 2.83. The molecule has 84 valence electrons. The summed E-state index contributed by atoms with van der Waals surface area (Å²) >= 11 is 0. The van der Waals surface area contributed by atoms with E-state index < -0.39 is 6.09 Å². The number of rotatable bonds is 1. The van der Waals surface area contributed by atoms with Gasteiger partial charge in [-0.15, -0.1) is 0 Å². The van der Waals surface area contributed by atoms with Crippen LogP contribution in [0.15, 0.2) is 36.7 Å². The van der Waals surface area contributed by atoms with Crippen molar-refractivity contribution in [2.75, 3.05) is 11.9 Å². The maximum Gasteiger partial charge on any atom is 0.545 e. The van der Waals surface area contributed by atoms with Crippen LogP contribution in [-0.4, -0.2) is 12.6 Å². The molecular weight excluding hydrogens is 206 g/mol. The van der Waals surface area contributed by atoms with Crippen LogP contribution in [0.1, 0.15) is 6.92 Å². The maximum absolute atomic E-state index is 11.8. The van der Waals surface area contributed by atoms with Gasteiger partial charge >= 0.3 is 6.09 Å². The van der Waals surface area contributed by atoms with Crippen molar-refractivity contribution in [2.24, 2.45) is 5.90 Å². The van der Waals surface area contributed by atoms with Crippen molar-refractivity contribution in [2.45, 2.75) is 6.92 Å². The van der Waals surface area contributed by atoms with E-state index in [1.165, 1.54) is 0 Å². The molecule has 0 bridgehead atoms. The number of nitrogens with two attached hydrogens (primary N) is 1. The lowest BCUT2D eigenvalue weighted by molar-refractivity contribution is 0.120. The molecule has 1 aliphatic heterocycles. The second-order valence-electron chi connectivity index (χ2n) is 3.55. The van der Waals surface area contributed by atoms with Crippen LogP contribution in [-0.2, 0) is 4.84 Å². The van der Waals surface area contributed by atoms with E-state index >= 15 is 0 Å². The summed E-state index contributed by atoms with van der Waals surface area (Å²) in [5.74, 6) is 5.00. The van der Waals surface area contributed by atoms with Gasteiger partial charge in [-0.3, -0.25) is 0 Å². The fourth-order valence-corrected chi connectivity index (χ4v) is 1.94. The lowest BCUT2D eigenvalue weighted by Crippen LogP contribution is -2.51. The van der Waals surface area contributed by atoms with Crippen molar-refractivity contribution in [3.8, 4) is 0 Å². The average molecular weight is 220 g/mol. The van der Waals surface area contributed by atoms with Gasteiger partial charge in [0.1, 0.15) is 11.9 Å². The summed E-state index contributed by atoms with van der Waals surface area (Å²) < 4.78 is -0.0281. The minimum Gasteiger partial charge on any atom is -0.352 e. The summed E-state index contributed by atoms with van der Waals surface area (Å²) in [4.78, 5) is 16.2. The number of para-hydroxylation sites is 2. The summed E-state index contributed by atoms with van der Waals surface area (Å²) in [6.07, 6.45) is 2.97. The molecule has 1 amide bonds. The first-order chi connectivity index (χ1) is 7.74. The van der Waals surface area contributed by atoms with Gasteiger partial charge in [-0.25, -0.2) is 0 Å². The van der Waals surface area contributed by atoms with Crippen molar-refractivity contribution in [3.63, 3.8) is 0 Å². The molecule has 1 atom stereocenters. The lowest BCUT2D eigenvalue weighted by Gasteiger charge is -2.31. The Morgan fingerprint density at radius 1 is 1.50 bits per heavy atom. The Balaban J connectivity index is 2.58. The molecule has 1 heterocycles. The van der Waals surface area contributed by atoms with Crippen LogP contribution in [0.4, 0.5) is 16.2 Å². The van der Waals surface area contributed by atoms with Gasteiger partial charge in [0.25, 0.3) is 0 Å². The molecule has 1 aromatic rings. The number of nitrogens with one attached hydrogen (secondary N) is 1. The van der Waals surface area contributed by atoms with Crippen molar-refractivity contribution < 1.29 is 9.63 Å². The number of quaternary nitrogens is 1. The number of benzene rings is 1.